The Hall–Kier alpha value is -0.970. The summed E-state index contributed by atoms with van der Waals surface area (Å²) in [6.45, 7) is 2.62. The second kappa shape index (κ2) is 3.06. The Morgan fingerprint density at radius 1 is 1.46 bits per heavy atom. The first-order valence-electron chi connectivity index (χ1n) is 4.74. The van der Waals surface area contributed by atoms with E-state index in [9.17, 15) is 0 Å². The molecular weight excluding hydrogens is 166 g/mol. The van der Waals surface area contributed by atoms with Crippen molar-refractivity contribution in [3.05, 3.63) is 5.82 Å². The molecule has 2 rings (SSSR count). The van der Waals surface area contributed by atoms with Crippen molar-refractivity contribution < 1.29 is 0 Å². The maximum absolute atomic E-state index is 5.56. The first-order chi connectivity index (χ1) is 6.26. The molecule has 1 aromatic rings. The van der Waals surface area contributed by atoms with Gasteiger partial charge in [-0.25, -0.2) is 4.68 Å². The topological polar surface area (TPSA) is 69.6 Å². The van der Waals surface area contributed by atoms with Gasteiger partial charge in [0, 0.05) is 0 Å². The van der Waals surface area contributed by atoms with Crippen molar-refractivity contribution >= 4 is 0 Å². The summed E-state index contributed by atoms with van der Waals surface area (Å²) in [6, 6.07) is 0. The minimum atomic E-state index is 0.109. The van der Waals surface area contributed by atoms with E-state index in [1.54, 1.807) is 0 Å². The van der Waals surface area contributed by atoms with Crippen molar-refractivity contribution in [3.63, 3.8) is 0 Å². The van der Waals surface area contributed by atoms with Crippen molar-refractivity contribution in [2.45, 2.75) is 44.7 Å². The summed E-state index contributed by atoms with van der Waals surface area (Å²) in [6.07, 6.45) is 4.84. The molecule has 0 aliphatic heterocycles. The van der Waals surface area contributed by atoms with Crippen LogP contribution in [0, 0.1) is 0 Å². The van der Waals surface area contributed by atoms with Crippen molar-refractivity contribution in [2.24, 2.45) is 5.73 Å². The molecule has 0 radical (unpaired) electrons. The van der Waals surface area contributed by atoms with Crippen molar-refractivity contribution in [2.75, 3.05) is 0 Å². The minimum Gasteiger partial charge on any atom is -0.324 e. The highest BCUT2D eigenvalue weighted by atomic mass is 15.6. The van der Waals surface area contributed by atoms with Crippen LogP contribution in [0.15, 0.2) is 0 Å². The van der Waals surface area contributed by atoms with Crippen LogP contribution in [-0.2, 0) is 12.1 Å². The number of nitrogens with two attached hydrogens (primary N) is 1. The van der Waals surface area contributed by atoms with Gasteiger partial charge in [-0.2, -0.15) is 0 Å². The third kappa shape index (κ3) is 1.33. The van der Waals surface area contributed by atoms with Gasteiger partial charge in [-0.15, -0.1) is 5.10 Å². The molecule has 0 amide bonds. The van der Waals surface area contributed by atoms with E-state index < -0.39 is 0 Å². The van der Waals surface area contributed by atoms with Crippen LogP contribution >= 0.6 is 0 Å². The van der Waals surface area contributed by atoms with E-state index in [0.29, 0.717) is 6.54 Å². The average Bonchev–Trinajstić information content (AvgIpc) is 2.72. The van der Waals surface area contributed by atoms with E-state index >= 15 is 0 Å². The van der Waals surface area contributed by atoms with Crippen LogP contribution < -0.4 is 5.73 Å². The number of rotatable bonds is 2. The molecular formula is C8H15N5. The third-order valence-corrected chi connectivity index (χ3v) is 2.91. The quantitative estimate of drug-likeness (QED) is 0.718. The number of tetrazole rings is 1. The van der Waals surface area contributed by atoms with Crippen LogP contribution in [-0.4, -0.2) is 20.2 Å². The first kappa shape index (κ1) is 8.62. The van der Waals surface area contributed by atoms with Crippen LogP contribution in [0.25, 0.3) is 0 Å². The maximum Gasteiger partial charge on any atom is 0.165 e. The van der Waals surface area contributed by atoms with Crippen LogP contribution in [0.4, 0.5) is 0 Å². The zero-order valence-corrected chi connectivity index (χ0v) is 7.90. The van der Waals surface area contributed by atoms with Gasteiger partial charge < -0.3 is 5.73 Å². The lowest BCUT2D eigenvalue weighted by atomic mass is 10.0. The molecule has 13 heavy (non-hydrogen) atoms. The van der Waals surface area contributed by atoms with E-state index in [-0.39, 0.29) is 5.54 Å². The lowest BCUT2D eigenvalue weighted by Gasteiger charge is -2.24. The summed E-state index contributed by atoms with van der Waals surface area (Å²) < 4.78 is 1.90. The molecule has 1 aliphatic rings. The van der Waals surface area contributed by atoms with Gasteiger partial charge in [0.15, 0.2) is 5.82 Å². The molecule has 0 aromatic carbocycles. The molecule has 1 saturated carbocycles. The van der Waals surface area contributed by atoms with Crippen molar-refractivity contribution in [3.8, 4) is 0 Å². The number of hydrogen-bond donors (Lipinski definition) is 1. The molecule has 1 fully saturated rings. The molecule has 1 heterocycles. The lowest BCUT2D eigenvalue weighted by molar-refractivity contribution is 0.280. The standard InChI is InChI=1S/C8H15N5/c1-8(4-2-3-5-8)13-7(6-9)10-11-12-13/h2-6,9H2,1H3. The van der Waals surface area contributed by atoms with E-state index in [4.69, 9.17) is 5.73 Å². The molecule has 5 nitrogen and oxygen atoms in total. The van der Waals surface area contributed by atoms with Crippen molar-refractivity contribution in [1.29, 1.82) is 0 Å². The van der Waals surface area contributed by atoms with Crippen LogP contribution in [0.5, 0.6) is 0 Å². The Bertz CT molecular complexity index is 286. The first-order valence-corrected chi connectivity index (χ1v) is 4.74. The van der Waals surface area contributed by atoms with Gasteiger partial charge >= 0.3 is 0 Å². The molecule has 0 spiro atoms. The monoisotopic (exact) mass is 181 g/mol. The summed E-state index contributed by atoms with van der Waals surface area (Å²) in [4.78, 5) is 0. The number of aromatic nitrogens is 4. The van der Waals surface area contributed by atoms with Gasteiger partial charge in [-0.1, -0.05) is 12.8 Å². The summed E-state index contributed by atoms with van der Waals surface area (Å²) in [5.74, 6) is 0.796. The van der Waals surface area contributed by atoms with Gasteiger partial charge in [-0.3, -0.25) is 0 Å². The average molecular weight is 181 g/mol. The SMILES string of the molecule is CC1(n2nnnc2CN)CCCC1. The zero-order valence-electron chi connectivity index (χ0n) is 7.90. The summed E-state index contributed by atoms with van der Waals surface area (Å²) in [5.41, 5.74) is 5.67. The molecule has 5 heteroatoms. The highest BCUT2D eigenvalue weighted by Crippen LogP contribution is 2.35. The lowest BCUT2D eigenvalue weighted by Crippen LogP contribution is -2.30. The van der Waals surface area contributed by atoms with E-state index in [0.717, 1.165) is 18.7 Å². The largest absolute Gasteiger partial charge is 0.324 e. The maximum atomic E-state index is 5.56. The number of hydrogen-bond acceptors (Lipinski definition) is 4. The minimum absolute atomic E-state index is 0.109. The molecule has 72 valence electrons. The van der Waals surface area contributed by atoms with Crippen LogP contribution in [0.2, 0.25) is 0 Å². The summed E-state index contributed by atoms with van der Waals surface area (Å²) in [7, 11) is 0. The van der Waals surface area contributed by atoms with Gasteiger partial charge in [0.2, 0.25) is 0 Å². The second-order valence-corrected chi connectivity index (χ2v) is 3.92. The Morgan fingerprint density at radius 3 is 2.77 bits per heavy atom. The van der Waals surface area contributed by atoms with Crippen molar-refractivity contribution in [1.82, 2.24) is 20.2 Å². The molecule has 1 aliphatic carbocycles. The summed E-state index contributed by atoms with van der Waals surface area (Å²) in [5, 5.41) is 11.6. The predicted octanol–water partition coefficient (Wildman–Crippen LogP) is 0.421. The molecule has 1 aromatic heterocycles. The highest BCUT2D eigenvalue weighted by molar-refractivity contribution is 4.92. The predicted molar refractivity (Wildman–Crippen MR) is 47.8 cm³/mol. The van der Waals surface area contributed by atoms with Gasteiger partial charge in [0.05, 0.1) is 12.1 Å². The van der Waals surface area contributed by atoms with E-state index in [2.05, 4.69) is 22.4 Å². The third-order valence-electron chi connectivity index (χ3n) is 2.91. The highest BCUT2D eigenvalue weighted by Gasteiger charge is 2.33. The smallest absolute Gasteiger partial charge is 0.165 e. The Balaban J connectivity index is 2.32. The molecule has 0 unspecified atom stereocenters. The Kier molecular flexibility index (Phi) is 2.03. The normalized spacial score (nSPS) is 20.8. The van der Waals surface area contributed by atoms with Gasteiger partial charge in [0.25, 0.3) is 0 Å². The second-order valence-electron chi connectivity index (χ2n) is 3.92. The fourth-order valence-electron chi connectivity index (χ4n) is 2.10. The summed E-state index contributed by atoms with van der Waals surface area (Å²) >= 11 is 0. The molecule has 0 saturated heterocycles. The van der Waals surface area contributed by atoms with E-state index in [1.165, 1.54) is 12.8 Å². The molecule has 0 atom stereocenters. The van der Waals surface area contributed by atoms with Crippen LogP contribution in [0.1, 0.15) is 38.4 Å². The Labute approximate surface area is 77.3 Å². The molecule has 2 N–H and O–H groups in total. The Morgan fingerprint density at radius 2 is 2.15 bits per heavy atom. The van der Waals surface area contributed by atoms with Gasteiger partial charge in [-0.05, 0) is 30.2 Å². The zero-order chi connectivity index (χ0) is 9.31. The number of nitrogens with zero attached hydrogens (tertiary/aromatic N) is 4. The van der Waals surface area contributed by atoms with E-state index in [1.807, 2.05) is 4.68 Å². The fourth-order valence-corrected chi connectivity index (χ4v) is 2.10. The molecule has 0 bridgehead atoms. The fraction of sp³-hybridized carbons (Fsp3) is 0.875. The van der Waals surface area contributed by atoms with Crippen LogP contribution in [0.3, 0.4) is 0 Å². The van der Waals surface area contributed by atoms with Gasteiger partial charge in [0.1, 0.15) is 0 Å².